The van der Waals surface area contributed by atoms with Crippen LogP contribution in [0.25, 0.3) is 11.1 Å². The Labute approximate surface area is 155 Å². The lowest BCUT2D eigenvalue weighted by molar-refractivity contribution is 0.304. The molecule has 3 heteroatoms. The van der Waals surface area contributed by atoms with Gasteiger partial charge in [0, 0.05) is 37.9 Å². The molecule has 2 heterocycles. The van der Waals surface area contributed by atoms with Crippen molar-refractivity contribution in [3.63, 3.8) is 0 Å². The zero-order chi connectivity index (χ0) is 17.5. The Balaban J connectivity index is 1.30. The molecule has 2 atom stereocenters. The molecular weight excluding hydrogens is 318 g/mol. The molecule has 0 bridgehead atoms. The van der Waals surface area contributed by atoms with Crippen LogP contribution < -0.4 is 4.90 Å². The number of rotatable bonds is 4. The molecule has 132 valence electrons. The molecule has 3 fully saturated rings. The molecule has 0 aromatic heterocycles. The van der Waals surface area contributed by atoms with Gasteiger partial charge in [-0.15, -0.1) is 0 Å². The van der Waals surface area contributed by atoms with Gasteiger partial charge in [0.2, 0.25) is 0 Å². The van der Waals surface area contributed by atoms with Crippen LogP contribution in [0, 0.1) is 23.2 Å². The number of benzene rings is 2. The normalized spacial score (nSPS) is 25.3. The van der Waals surface area contributed by atoms with Crippen molar-refractivity contribution in [2.45, 2.75) is 25.3 Å². The van der Waals surface area contributed by atoms with E-state index in [-0.39, 0.29) is 0 Å². The van der Waals surface area contributed by atoms with Gasteiger partial charge in [0.25, 0.3) is 0 Å². The average Bonchev–Trinajstić information content (AvgIpc) is 3.28. The van der Waals surface area contributed by atoms with Crippen LogP contribution in [-0.2, 0) is 0 Å². The first-order chi connectivity index (χ1) is 12.8. The van der Waals surface area contributed by atoms with Gasteiger partial charge in [0.05, 0.1) is 11.6 Å². The Hall–Kier alpha value is -2.31. The van der Waals surface area contributed by atoms with E-state index in [9.17, 15) is 0 Å². The van der Waals surface area contributed by atoms with E-state index in [2.05, 4.69) is 40.1 Å². The number of likely N-dealkylation sites (tertiary alicyclic amines) is 1. The largest absolute Gasteiger partial charge is 0.367 e. The Kier molecular flexibility index (Phi) is 3.94. The summed E-state index contributed by atoms with van der Waals surface area (Å²) in [6.07, 6.45) is 4.24. The Morgan fingerprint density at radius 3 is 2.23 bits per heavy atom. The van der Waals surface area contributed by atoms with Gasteiger partial charge in [-0.2, -0.15) is 5.26 Å². The molecule has 3 nitrogen and oxygen atoms in total. The van der Waals surface area contributed by atoms with Crippen molar-refractivity contribution < 1.29 is 0 Å². The van der Waals surface area contributed by atoms with E-state index in [0.29, 0.717) is 11.6 Å². The standard InChI is InChI=1S/C23H25N3/c24-13-17-3-5-19(6-4-17)20-7-9-22(10-8-20)26-12-11-21-15-25(16-23(21)26)14-18-1-2-18/h3-10,18,21,23H,1-2,11-12,14-16H2/t21-,23+/m1/s1. The smallest absolute Gasteiger partial charge is 0.0991 e. The predicted molar refractivity (Wildman–Crippen MR) is 105 cm³/mol. The van der Waals surface area contributed by atoms with Crippen LogP contribution in [0.2, 0.25) is 0 Å². The lowest BCUT2D eigenvalue weighted by Gasteiger charge is -2.27. The van der Waals surface area contributed by atoms with E-state index in [0.717, 1.165) is 11.8 Å². The fourth-order valence-electron chi connectivity index (χ4n) is 4.77. The molecule has 0 N–H and O–H groups in total. The van der Waals surface area contributed by atoms with Gasteiger partial charge in [0.15, 0.2) is 0 Å². The summed E-state index contributed by atoms with van der Waals surface area (Å²) in [5.41, 5.74) is 4.47. The van der Waals surface area contributed by atoms with E-state index in [1.165, 1.54) is 62.3 Å². The van der Waals surface area contributed by atoms with Gasteiger partial charge in [-0.1, -0.05) is 24.3 Å². The second-order valence-corrected chi connectivity index (χ2v) is 8.21. The highest BCUT2D eigenvalue weighted by Gasteiger charge is 2.42. The molecule has 2 saturated heterocycles. The SMILES string of the molecule is N#Cc1ccc(-c2ccc(N3CC[C@@H]4CN(CC5CC5)C[C@@H]43)cc2)cc1. The maximum Gasteiger partial charge on any atom is 0.0991 e. The van der Waals surface area contributed by atoms with Crippen LogP contribution in [0.4, 0.5) is 5.69 Å². The number of hydrogen-bond acceptors (Lipinski definition) is 3. The molecule has 0 radical (unpaired) electrons. The summed E-state index contributed by atoms with van der Waals surface area (Å²) in [6.45, 7) is 5.08. The number of nitrogens with zero attached hydrogens (tertiary/aromatic N) is 3. The first-order valence-electron chi connectivity index (χ1n) is 9.90. The van der Waals surface area contributed by atoms with Gasteiger partial charge < -0.3 is 9.80 Å². The van der Waals surface area contributed by atoms with Gasteiger partial charge >= 0.3 is 0 Å². The summed E-state index contributed by atoms with van der Waals surface area (Å²) in [5.74, 6) is 1.85. The summed E-state index contributed by atoms with van der Waals surface area (Å²) < 4.78 is 0. The highest BCUT2D eigenvalue weighted by atomic mass is 15.3. The summed E-state index contributed by atoms with van der Waals surface area (Å²) in [5, 5.41) is 8.94. The summed E-state index contributed by atoms with van der Waals surface area (Å²) in [4.78, 5) is 5.35. The molecule has 0 amide bonds. The third-order valence-electron chi connectivity index (χ3n) is 6.38. The zero-order valence-corrected chi connectivity index (χ0v) is 15.1. The number of fused-ring (bicyclic) bond motifs is 1. The molecule has 2 aromatic rings. The van der Waals surface area contributed by atoms with Crippen LogP contribution in [0.15, 0.2) is 48.5 Å². The molecule has 26 heavy (non-hydrogen) atoms. The topological polar surface area (TPSA) is 30.3 Å². The van der Waals surface area contributed by atoms with Crippen molar-refractivity contribution >= 4 is 5.69 Å². The van der Waals surface area contributed by atoms with Crippen LogP contribution in [0.1, 0.15) is 24.8 Å². The molecule has 0 spiro atoms. The van der Waals surface area contributed by atoms with Crippen molar-refractivity contribution in [1.82, 2.24) is 4.90 Å². The summed E-state index contributed by atoms with van der Waals surface area (Å²) >= 11 is 0. The van der Waals surface area contributed by atoms with Gasteiger partial charge in [-0.25, -0.2) is 0 Å². The molecule has 2 aliphatic heterocycles. The van der Waals surface area contributed by atoms with Crippen molar-refractivity contribution in [3.05, 3.63) is 54.1 Å². The van der Waals surface area contributed by atoms with E-state index in [4.69, 9.17) is 5.26 Å². The van der Waals surface area contributed by atoms with E-state index in [1.54, 1.807) is 0 Å². The van der Waals surface area contributed by atoms with E-state index in [1.807, 2.05) is 24.3 Å². The molecule has 1 saturated carbocycles. The highest BCUT2D eigenvalue weighted by molar-refractivity contribution is 5.67. The Bertz CT molecular complexity index is 814. The quantitative estimate of drug-likeness (QED) is 0.835. The van der Waals surface area contributed by atoms with Gasteiger partial charge in [-0.3, -0.25) is 0 Å². The molecule has 2 aromatic carbocycles. The molecule has 5 rings (SSSR count). The van der Waals surface area contributed by atoms with E-state index >= 15 is 0 Å². The van der Waals surface area contributed by atoms with Crippen LogP contribution in [0.3, 0.4) is 0 Å². The first-order valence-corrected chi connectivity index (χ1v) is 9.90. The van der Waals surface area contributed by atoms with Crippen molar-refractivity contribution in [2.75, 3.05) is 31.1 Å². The lowest BCUT2D eigenvalue weighted by Crippen LogP contribution is -2.35. The van der Waals surface area contributed by atoms with Crippen molar-refractivity contribution in [3.8, 4) is 17.2 Å². The molecular formula is C23H25N3. The first kappa shape index (κ1) is 15.9. The molecule has 3 aliphatic rings. The lowest BCUT2D eigenvalue weighted by atomic mass is 10.0. The second-order valence-electron chi connectivity index (χ2n) is 8.21. The monoisotopic (exact) mass is 343 g/mol. The third-order valence-corrected chi connectivity index (χ3v) is 6.38. The summed E-state index contributed by atoms with van der Waals surface area (Å²) in [6, 6.07) is 19.7. The third kappa shape index (κ3) is 2.99. The Morgan fingerprint density at radius 2 is 1.58 bits per heavy atom. The maximum atomic E-state index is 8.94. The van der Waals surface area contributed by atoms with Gasteiger partial charge in [-0.05, 0) is 66.5 Å². The van der Waals surface area contributed by atoms with Crippen LogP contribution in [0.5, 0.6) is 0 Å². The van der Waals surface area contributed by atoms with Crippen LogP contribution >= 0.6 is 0 Å². The van der Waals surface area contributed by atoms with Crippen molar-refractivity contribution in [1.29, 1.82) is 5.26 Å². The van der Waals surface area contributed by atoms with E-state index < -0.39 is 0 Å². The Morgan fingerprint density at radius 1 is 0.885 bits per heavy atom. The minimum absolute atomic E-state index is 0.703. The summed E-state index contributed by atoms with van der Waals surface area (Å²) in [7, 11) is 0. The number of hydrogen-bond donors (Lipinski definition) is 0. The van der Waals surface area contributed by atoms with Crippen molar-refractivity contribution in [2.24, 2.45) is 11.8 Å². The van der Waals surface area contributed by atoms with Crippen LogP contribution in [-0.4, -0.2) is 37.1 Å². The zero-order valence-electron chi connectivity index (χ0n) is 15.1. The number of nitriles is 1. The van der Waals surface area contributed by atoms with Gasteiger partial charge in [0.1, 0.15) is 0 Å². The highest BCUT2D eigenvalue weighted by Crippen LogP contribution is 2.38. The fraction of sp³-hybridized carbons (Fsp3) is 0.435. The molecule has 1 aliphatic carbocycles. The average molecular weight is 343 g/mol. The number of anilines is 1. The maximum absolute atomic E-state index is 8.94. The predicted octanol–water partition coefficient (Wildman–Crippen LogP) is 4.15. The second kappa shape index (κ2) is 6.45. The minimum Gasteiger partial charge on any atom is -0.367 e. The fourth-order valence-corrected chi connectivity index (χ4v) is 4.77. The molecule has 0 unspecified atom stereocenters. The minimum atomic E-state index is 0.703.